The number of benzene rings is 1. The molecule has 1 unspecified atom stereocenters. The Morgan fingerprint density at radius 1 is 1.56 bits per heavy atom. The Morgan fingerprint density at radius 2 is 2.33 bits per heavy atom. The van der Waals surface area contributed by atoms with E-state index in [-0.39, 0.29) is 6.04 Å². The van der Waals surface area contributed by atoms with Gasteiger partial charge >= 0.3 is 0 Å². The highest BCUT2D eigenvalue weighted by atomic mass is 127. The molecule has 0 saturated heterocycles. The first-order valence-electron chi connectivity index (χ1n) is 5.49. The van der Waals surface area contributed by atoms with Gasteiger partial charge in [-0.2, -0.15) is 0 Å². The molecular formula is C12H14ClIN4. The molecule has 0 radical (unpaired) electrons. The average Bonchev–Trinajstić information content (AvgIpc) is 2.75. The van der Waals surface area contributed by atoms with E-state index in [1.165, 1.54) is 0 Å². The van der Waals surface area contributed by atoms with Crippen LogP contribution in [0.25, 0.3) is 0 Å². The number of hydrogen-bond acceptors (Lipinski definition) is 3. The van der Waals surface area contributed by atoms with Gasteiger partial charge in [0.05, 0.1) is 11.1 Å². The fraction of sp³-hybridized carbons (Fsp3) is 0.250. The van der Waals surface area contributed by atoms with E-state index in [9.17, 15) is 0 Å². The zero-order valence-corrected chi connectivity index (χ0v) is 12.8. The quantitative estimate of drug-likeness (QED) is 0.489. The Bertz CT molecular complexity index is 541. The molecule has 0 aliphatic carbocycles. The smallest absolute Gasteiger partial charge is 0.110 e. The van der Waals surface area contributed by atoms with Crippen molar-refractivity contribution < 1.29 is 0 Å². The first-order chi connectivity index (χ1) is 8.61. The lowest BCUT2D eigenvalue weighted by atomic mass is 10.0. The molecule has 1 aromatic heterocycles. The van der Waals surface area contributed by atoms with Crippen LogP contribution in [-0.2, 0) is 13.5 Å². The summed E-state index contributed by atoms with van der Waals surface area (Å²) in [7, 11) is 1.97. The molecule has 0 aliphatic heterocycles. The molecule has 4 nitrogen and oxygen atoms in total. The molecule has 1 aromatic carbocycles. The minimum atomic E-state index is 0.000556. The molecule has 0 amide bonds. The van der Waals surface area contributed by atoms with Crippen LogP contribution in [-0.4, -0.2) is 9.55 Å². The number of nitrogens with two attached hydrogens (primary N) is 1. The van der Waals surface area contributed by atoms with Crippen LogP contribution >= 0.6 is 34.2 Å². The minimum absolute atomic E-state index is 0.000556. The number of nitrogens with one attached hydrogen (secondary N) is 1. The monoisotopic (exact) mass is 376 g/mol. The average molecular weight is 377 g/mol. The molecule has 0 spiro atoms. The molecule has 1 heterocycles. The molecular weight excluding hydrogens is 363 g/mol. The fourth-order valence-electron chi connectivity index (χ4n) is 1.78. The van der Waals surface area contributed by atoms with Crippen molar-refractivity contribution in [2.24, 2.45) is 12.9 Å². The number of hydrogen-bond donors (Lipinski definition) is 2. The summed E-state index contributed by atoms with van der Waals surface area (Å²) in [5.41, 5.74) is 3.88. The zero-order valence-electron chi connectivity index (χ0n) is 9.90. The summed E-state index contributed by atoms with van der Waals surface area (Å²) < 4.78 is 3.02. The van der Waals surface area contributed by atoms with E-state index in [1.54, 1.807) is 6.20 Å². The van der Waals surface area contributed by atoms with Crippen molar-refractivity contribution in [2.45, 2.75) is 12.5 Å². The summed E-state index contributed by atoms with van der Waals surface area (Å²) in [5.74, 6) is 6.61. The lowest BCUT2D eigenvalue weighted by Crippen LogP contribution is -2.30. The third kappa shape index (κ3) is 3.03. The van der Waals surface area contributed by atoms with Crippen LogP contribution in [0.1, 0.15) is 17.4 Å². The second-order valence-corrected chi connectivity index (χ2v) is 5.62. The molecule has 0 bridgehead atoms. The van der Waals surface area contributed by atoms with E-state index in [2.05, 4.69) is 33.0 Å². The first-order valence-corrected chi connectivity index (χ1v) is 6.94. The SMILES string of the molecule is Cn1ccnc1CC(NN)c1ccc(I)c(Cl)c1. The van der Waals surface area contributed by atoms with E-state index < -0.39 is 0 Å². The van der Waals surface area contributed by atoms with Gasteiger partial charge < -0.3 is 4.57 Å². The number of aryl methyl sites for hydroxylation is 1. The third-order valence-corrected chi connectivity index (χ3v) is 4.43. The van der Waals surface area contributed by atoms with Crippen LogP contribution in [0.4, 0.5) is 0 Å². The second-order valence-electron chi connectivity index (χ2n) is 4.05. The third-order valence-electron chi connectivity index (χ3n) is 2.85. The molecule has 0 fully saturated rings. The Kier molecular flexibility index (Phi) is 4.60. The number of halogens is 2. The largest absolute Gasteiger partial charge is 0.338 e. The van der Waals surface area contributed by atoms with Gasteiger partial charge in [-0.1, -0.05) is 17.7 Å². The van der Waals surface area contributed by atoms with Crippen molar-refractivity contribution >= 4 is 34.2 Å². The van der Waals surface area contributed by atoms with Crippen molar-refractivity contribution in [3.63, 3.8) is 0 Å². The Morgan fingerprint density at radius 3 is 2.89 bits per heavy atom. The normalized spacial score (nSPS) is 12.7. The van der Waals surface area contributed by atoms with E-state index in [1.807, 2.05) is 36.0 Å². The molecule has 18 heavy (non-hydrogen) atoms. The zero-order chi connectivity index (χ0) is 13.1. The highest BCUT2D eigenvalue weighted by molar-refractivity contribution is 14.1. The van der Waals surface area contributed by atoms with Crippen molar-refractivity contribution in [2.75, 3.05) is 0 Å². The number of nitrogens with zero attached hydrogens (tertiary/aromatic N) is 2. The summed E-state index contributed by atoms with van der Waals surface area (Å²) in [6.07, 6.45) is 4.42. The van der Waals surface area contributed by atoms with Gasteiger partial charge in [-0.15, -0.1) is 0 Å². The first kappa shape index (κ1) is 13.8. The van der Waals surface area contributed by atoms with Gasteiger partial charge in [-0.05, 0) is 40.3 Å². The van der Waals surface area contributed by atoms with Gasteiger partial charge in [0.1, 0.15) is 5.82 Å². The van der Waals surface area contributed by atoms with Gasteiger partial charge in [-0.25, -0.2) is 4.98 Å². The maximum atomic E-state index is 6.13. The summed E-state index contributed by atoms with van der Waals surface area (Å²) in [6, 6.07) is 5.96. The Labute approximate surface area is 125 Å². The van der Waals surface area contributed by atoms with Crippen molar-refractivity contribution in [3.05, 3.63) is 50.6 Å². The Balaban J connectivity index is 2.23. The summed E-state index contributed by atoms with van der Waals surface area (Å²) in [5, 5.41) is 0.744. The van der Waals surface area contributed by atoms with E-state index in [0.29, 0.717) is 0 Å². The van der Waals surface area contributed by atoms with Gasteiger partial charge in [-0.3, -0.25) is 11.3 Å². The number of rotatable bonds is 4. The molecule has 0 saturated carbocycles. The molecule has 2 aromatic rings. The summed E-state index contributed by atoms with van der Waals surface area (Å²) >= 11 is 8.34. The Hall–Kier alpha value is -0.630. The van der Waals surface area contributed by atoms with Gasteiger partial charge in [0.15, 0.2) is 0 Å². The highest BCUT2D eigenvalue weighted by Gasteiger charge is 2.14. The number of imidazole rings is 1. The maximum absolute atomic E-state index is 6.13. The lowest BCUT2D eigenvalue weighted by molar-refractivity contribution is 0.530. The standard InChI is InChI=1S/C12H14ClIN4/c1-18-5-4-16-12(18)7-11(17-15)8-2-3-10(14)9(13)6-8/h2-6,11,17H,7,15H2,1H3. The van der Waals surface area contributed by atoms with Crippen LogP contribution < -0.4 is 11.3 Å². The van der Waals surface area contributed by atoms with Crippen LogP contribution in [0.15, 0.2) is 30.6 Å². The predicted molar refractivity (Wildman–Crippen MR) is 81.1 cm³/mol. The number of hydrazine groups is 1. The van der Waals surface area contributed by atoms with Crippen molar-refractivity contribution in [1.29, 1.82) is 0 Å². The fourth-order valence-corrected chi connectivity index (χ4v) is 2.30. The van der Waals surface area contributed by atoms with E-state index in [0.717, 1.165) is 26.4 Å². The van der Waals surface area contributed by atoms with Crippen LogP contribution in [0.2, 0.25) is 5.02 Å². The summed E-state index contributed by atoms with van der Waals surface area (Å²) in [6.45, 7) is 0. The van der Waals surface area contributed by atoms with E-state index >= 15 is 0 Å². The molecule has 1 atom stereocenters. The van der Waals surface area contributed by atoms with Gasteiger partial charge in [0.2, 0.25) is 0 Å². The van der Waals surface area contributed by atoms with Crippen LogP contribution in [0.3, 0.4) is 0 Å². The topological polar surface area (TPSA) is 55.9 Å². The van der Waals surface area contributed by atoms with E-state index in [4.69, 9.17) is 17.4 Å². The molecule has 2 rings (SSSR count). The maximum Gasteiger partial charge on any atom is 0.110 e. The lowest BCUT2D eigenvalue weighted by Gasteiger charge is -2.16. The number of aromatic nitrogens is 2. The predicted octanol–water partition coefficient (Wildman–Crippen LogP) is 2.43. The van der Waals surface area contributed by atoms with Gasteiger partial charge in [0.25, 0.3) is 0 Å². The minimum Gasteiger partial charge on any atom is -0.338 e. The molecule has 96 valence electrons. The molecule has 3 N–H and O–H groups in total. The second kappa shape index (κ2) is 6.01. The highest BCUT2D eigenvalue weighted by Crippen LogP contribution is 2.24. The van der Waals surface area contributed by atoms with Crippen LogP contribution in [0.5, 0.6) is 0 Å². The van der Waals surface area contributed by atoms with Crippen molar-refractivity contribution in [1.82, 2.24) is 15.0 Å². The molecule has 6 heteroatoms. The molecule has 0 aliphatic rings. The van der Waals surface area contributed by atoms with Crippen molar-refractivity contribution in [3.8, 4) is 0 Å². The van der Waals surface area contributed by atoms with Gasteiger partial charge in [0, 0.05) is 29.4 Å². The van der Waals surface area contributed by atoms with Crippen LogP contribution in [0, 0.1) is 3.57 Å². The summed E-state index contributed by atoms with van der Waals surface area (Å²) in [4.78, 5) is 4.30.